The molecule has 0 saturated heterocycles. The predicted molar refractivity (Wildman–Crippen MR) is 127 cm³/mol. The largest absolute Gasteiger partial charge is 0.491 e. The van der Waals surface area contributed by atoms with Crippen molar-refractivity contribution in [2.24, 2.45) is 0 Å². The van der Waals surface area contributed by atoms with Crippen LogP contribution in [0.4, 0.5) is 0 Å². The first-order chi connectivity index (χ1) is 15.4. The maximum atomic E-state index is 11.5. The van der Waals surface area contributed by atoms with Crippen molar-refractivity contribution in [3.05, 3.63) is 29.8 Å². The van der Waals surface area contributed by atoms with Gasteiger partial charge in [-0.3, -0.25) is 0 Å². The number of carbonyl (C=O) groups excluding carboxylic acids is 1. The van der Waals surface area contributed by atoms with Gasteiger partial charge in [0.15, 0.2) is 0 Å². The summed E-state index contributed by atoms with van der Waals surface area (Å²) in [4.78, 5) is 11.5. The number of unbranched alkanes of at least 4 members (excludes halogenated alkanes) is 5. The Kier molecular flexibility index (Phi) is 15.9. The molecule has 0 spiro atoms. The van der Waals surface area contributed by atoms with Crippen LogP contribution in [0.1, 0.15) is 71.8 Å². The zero-order valence-electron chi connectivity index (χ0n) is 20.7. The zero-order chi connectivity index (χ0) is 23.5. The summed E-state index contributed by atoms with van der Waals surface area (Å²) in [6.45, 7) is 10.4. The zero-order valence-corrected chi connectivity index (χ0v) is 20.7. The smallest absolute Gasteiger partial charge is 0.332 e. The first kappa shape index (κ1) is 28.4. The van der Waals surface area contributed by atoms with E-state index in [0.717, 1.165) is 12.2 Å². The van der Waals surface area contributed by atoms with Crippen molar-refractivity contribution in [1.29, 1.82) is 0 Å². The Bertz CT molecular complexity index is 579. The molecule has 6 nitrogen and oxygen atoms in total. The van der Waals surface area contributed by atoms with Gasteiger partial charge < -0.3 is 23.7 Å². The lowest BCUT2D eigenvalue weighted by Gasteiger charge is -2.19. The highest BCUT2D eigenvalue weighted by Crippen LogP contribution is 2.15. The van der Waals surface area contributed by atoms with Gasteiger partial charge in [-0.1, -0.05) is 51.2 Å². The van der Waals surface area contributed by atoms with Crippen molar-refractivity contribution in [1.82, 2.24) is 0 Å². The normalized spacial score (nSPS) is 11.5. The first-order valence-electron chi connectivity index (χ1n) is 12.1. The molecule has 0 bridgehead atoms. The molecule has 1 aromatic rings. The molecule has 0 heterocycles. The lowest BCUT2D eigenvalue weighted by atomic mass is 10.0. The van der Waals surface area contributed by atoms with E-state index in [1.807, 2.05) is 32.9 Å². The van der Waals surface area contributed by atoms with Crippen LogP contribution in [0.2, 0.25) is 0 Å². The van der Waals surface area contributed by atoms with Crippen LogP contribution in [0.15, 0.2) is 24.3 Å². The molecule has 32 heavy (non-hydrogen) atoms. The summed E-state index contributed by atoms with van der Waals surface area (Å²) in [5.41, 5.74) is 0.880. The Labute approximate surface area is 194 Å². The van der Waals surface area contributed by atoms with E-state index in [2.05, 4.69) is 19.1 Å². The predicted octanol–water partition coefficient (Wildman–Crippen LogP) is 5.36. The minimum Gasteiger partial charge on any atom is -0.491 e. The molecular formula is C26H44O6. The number of carbonyl (C=O) groups is 1. The maximum Gasteiger partial charge on any atom is 0.332 e. The molecule has 0 saturated carbocycles. The molecule has 0 unspecified atom stereocenters. The summed E-state index contributed by atoms with van der Waals surface area (Å²) in [5.74, 6) is 0.506. The van der Waals surface area contributed by atoms with Crippen molar-refractivity contribution in [3.8, 4) is 5.75 Å². The van der Waals surface area contributed by atoms with Gasteiger partial charge in [0, 0.05) is 0 Å². The van der Waals surface area contributed by atoms with Crippen molar-refractivity contribution in [3.63, 3.8) is 0 Å². The van der Waals surface area contributed by atoms with Gasteiger partial charge >= 0.3 is 5.97 Å². The van der Waals surface area contributed by atoms with Gasteiger partial charge in [-0.25, -0.2) is 4.79 Å². The fourth-order valence-electron chi connectivity index (χ4n) is 3.05. The molecule has 0 aliphatic carbocycles. The third-order valence-corrected chi connectivity index (χ3v) is 4.62. The van der Waals surface area contributed by atoms with Crippen molar-refractivity contribution >= 4 is 5.97 Å². The SMILES string of the molecule is CCCCCCCCc1ccc(OCCOCCOCCOCC(=O)OC(C)(C)C)cc1. The van der Waals surface area contributed by atoms with Crippen LogP contribution in [0, 0.1) is 0 Å². The fourth-order valence-corrected chi connectivity index (χ4v) is 3.05. The monoisotopic (exact) mass is 452 g/mol. The molecule has 0 amide bonds. The molecular weight excluding hydrogens is 408 g/mol. The van der Waals surface area contributed by atoms with Crippen LogP contribution < -0.4 is 4.74 Å². The third-order valence-electron chi connectivity index (χ3n) is 4.62. The Morgan fingerprint density at radius 2 is 1.31 bits per heavy atom. The van der Waals surface area contributed by atoms with E-state index in [4.69, 9.17) is 23.7 Å². The molecule has 184 valence electrons. The standard InChI is InChI=1S/C26H44O6/c1-5-6-7-8-9-10-11-23-12-14-24(15-13-23)31-21-20-29-17-16-28-18-19-30-22-25(27)32-26(2,3)4/h12-15H,5-11,16-22H2,1-4H3. The second-order valence-electron chi connectivity index (χ2n) is 8.87. The Morgan fingerprint density at radius 1 is 0.750 bits per heavy atom. The second-order valence-corrected chi connectivity index (χ2v) is 8.87. The van der Waals surface area contributed by atoms with Gasteiger partial charge in [0.2, 0.25) is 0 Å². The highest BCUT2D eigenvalue weighted by atomic mass is 16.6. The molecule has 1 rings (SSSR count). The second kappa shape index (κ2) is 17.9. The number of esters is 1. The quantitative estimate of drug-likeness (QED) is 0.208. The highest BCUT2D eigenvalue weighted by Gasteiger charge is 2.15. The topological polar surface area (TPSA) is 63.2 Å². The molecule has 0 aliphatic rings. The molecule has 0 fully saturated rings. The van der Waals surface area contributed by atoms with Gasteiger partial charge in [-0.15, -0.1) is 0 Å². The molecule has 0 aromatic heterocycles. The Balaban J connectivity index is 1.92. The van der Waals surface area contributed by atoms with E-state index in [9.17, 15) is 4.79 Å². The van der Waals surface area contributed by atoms with Crippen LogP contribution in [0.3, 0.4) is 0 Å². The molecule has 0 radical (unpaired) electrons. The molecule has 0 N–H and O–H groups in total. The van der Waals surface area contributed by atoms with Crippen LogP contribution in [0.25, 0.3) is 0 Å². The van der Waals surface area contributed by atoms with Gasteiger partial charge in [0.1, 0.15) is 24.6 Å². The number of hydrogen-bond acceptors (Lipinski definition) is 6. The fraction of sp³-hybridized carbons (Fsp3) is 0.731. The van der Waals surface area contributed by atoms with Gasteiger partial charge in [-0.05, 0) is 51.3 Å². The summed E-state index contributed by atoms with van der Waals surface area (Å²) >= 11 is 0. The lowest BCUT2D eigenvalue weighted by Crippen LogP contribution is -2.27. The summed E-state index contributed by atoms with van der Waals surface area (Å²) in [6, 6.07) is 8.38. The maximum absolute atomic E-state index is 11.5. The van der Waals surface area contributed by atoms with Crippen LogP contribution in [-0.2, 0) is 30.2 Å². The molecule has 0 aliphatic heterocycles. The van der Waals surface area contributed by atoms with Crippen LogP contribution in [-0.4, -0.2) is 57.8 Å². The van der Waals surface area contributed by atoms with Crippen molar-refractivity contribution in [2.45, 2.75) is 78.2 Å². The number of hydrogen-bond donors (Lipinski definition) is 0. The van der Waals surface area contributed by atoms with E-state index in [1.165, 1.54) is 44.1 Å². The molecule has 0 atom stereocenters. The molecule has 6 heteroatoms. The van der Waals surface area contributed by atoms with Crippen LogP contribution in [0.5, 0.6) is 5.75 Å². The third kappa shape index (κ3) is 17.0. The summed E-state index contributed by atoms with van der Waals surface area (Å²) in [6.07, 6.45) is 9.09. The summed E-state index contributed by atoms with van der Waals surface area (Å²) < 4.78 is 27.0. The minimum absolute atomic E-state index is 0.0610. The Hall–Kier alpha value is -1.63. The van der Waals surface area contributed by atoms with Gasteiger partial charge in [0.05, 0.1) is 33.0 Å². The van der Waals surface area contributed by atoms with Gasteiger partial charge in [0.25, 0.3) is 0 Å². The average molecular weight is 453 g/mol. The molecule has 1 aromatic carbocycles. The highest BCUT2D eigenvalue weighted by molar-refractivity contribution is 5.71. The van der Waals surface area contributed by atoms with Gasteiger partial charge in [-0.2, -0.15) is 0 Å². The van der Waals surface area contributed by atoms with E-state index in [0.29, 0.717) is 39.6 Å². The lowest BCUT2D eigenvalue weighted by molar-refractivity contribution is -0.160. The number of aryl methyl sites for hydroxylation is 1. The van der Waals surface area contributed by atoms with Crippen molar-refractivity contribution in [2.75, 3.05) is 46.2 Å². The first-order valence-corrected chi connectivity index (χ1v) is 12.1. The summed E-state index contributed by atoms with van der Waals surface area (Å²) in [7, 11) is 0. The minimum atomic E-state index is -0.491. The summed E-state index contributed by atoms with van der Waals surface area (Å²) in [5, 5.41) is 0. The van der Waals surface area contributed by atoms with Crippen LogP contribution >= 0.6 is 0 Å². The van der Waals surface area contributed by atoms with E-state index in [1.54, 1.807) is 0 Å². The van der Waals surface area contributed by atoms with E-state index < -0.39 is 5.60 Å². The van der Waals surface area contributed by atoms with Crippen molar-refractivity contribution < 1.29 is 28.5 Å². The number of ether oxygens (including phenoxy) is 5. The van der Waals surface area contributed by atoms with E-state index in [-0.39, 0.29) is 12.6 Å². The Morgan fingerprint density at radius 3 is 1.94 bits per heavy atom. The number of rotatable bonds is 19. The van der Waals surface area contributed by atoms with E-state index >= 15 is 0 Å². The number of benzene rings is 1. The average Bonchev–Trinajstić information content (AvgIpc) is 2.74.